The van der Waals surface area contributed by atoms with Gasteiger partial charge in [-0.25, -0.2) is 16.8 Å². The fourth-order valence-corrected chi connectivity index (χ4v) is 5.83. The van der Waals surface area contributed by atoms with Gasteiger partial charge in [0.25, 0.3) is 0 Å². The summed E-state index contributed by atoms with van der Waals surface area (Å²) in [5, 5.41) is 0. The lowest BCUT2D eigenvalue weighted by molar-refractivity contribution is 0.393. The van der Waals surface area contributed by atoms with Crippen molar-refractivity contribution >= 4 is 37.1 Å². The Morgan fingerprint density at radius 3 is 2.71 bits per heavy atom. The van der Waals surface area contributed by atoms with Crippen LogP contribution in [0.4, 0.5) is 0 Å². The summed E-state index contributed by atoms with van der Waals surface area (Å²) in [5.41, 5.74) is 5.51. The molecule has 1 aliphatic heterocycles. The lowest BCUT2D eigenvalue weighted by Crippen LogP contribution is -2.38. The largest absolute Gasteiger partial charge is 0.388 e. The monoisotopic (exact) mass is 349 g/mol. The van der Waals surface area contributed by atoms with Gasteiger partial charge in [0.1, 0.15) is 15.6 Å². The summed E-state index contributed by atoms with van der Waals surface area (Å²) in [6.45, 7) is 0. The predicted octanol–water partition coefficient (Wildman–Crippen LogP) is -0.477. The molecular formula is C11H15N3O4S3. The van der Waals surface area contributed by atoms with Crippen molar-refractivity contribution in [3.05, 3.63) is 24.0 Å². The highest BCUT2D eigenvalue weighted by atomic mass is 32.2. The van der Waals surface area contributed by atoms with E-state index < -0.39 is 25.9 Å². The molecule has 2 rings (SSSR count). The Labute approximate surface area is 129 Å². The SMILES string of the molecule is CN(C1CCS(=O)(=O)C1)S(=O)(=O)c1cccnc1C(N)=S. The van der Waals surface area contributed by atoms with Crippen molar-refractivity contribution in [2.75, 3.05) is 18.6 Å². The highest BCUT2D eigenvalue weighted by molar-refractivity contribution is 7.92. The molecule has 0 saturated carbocycles. The van der Waals surface area contributed by atoms with Gasteiger partial charge in [-0.15, -0.1) is 0 Å². The molecule has 0 aromatic carbocycles. The van der Waals surface area contributed by atoms with Crippen molar-refractivity contribution in [1.82, 2.24) is 9.29 Å². The van der Waals surface area contributed by atoms with Crippen LogP contribution >= 0.6 is 12.2 Å². The van der Waals surface area contributed by atoms with Crippen LogP contribution in [0.2, 0.25) is 0 Å². The van der Waals surface area contributed by atoms with Crippen LogP contribution in [0.5, 0.6) is 0 Å². The van der Waals surface area contributed by atoms with Gasteiger partial charge in [0.2, 0.25) is 10.0 Å². The summed E-state index contributed by atoms with van der Waals surface area (Å²) in [5.74, 6) is -0.182. The van der Waals surface area contributed by atoms with Crippen molar-refractivity contribution in [3.63, 3.8) is 0 Å². The van der Waals surface area contributed by atoms with E-state index in [9.17, 15) is 16.8 Å². The third-order valence-electron chi connectivity index (χ3n) is 3.38. The molecule has 0 radical (unpaired) electrons. The molecule has 1 aromatic rings. The lowest BCUT2D eigenvalue weighted by Gasteiger charge is -2.23. The topological polar surface area (TPSA) is 110 Å². The number of aromatic nitrogens is 1. The van der Waals surface area contributed by atoms with Crippen LogP contribution in [0, 0.1) is 0 Å². The first-order chi connectivity index (χ1) is 9.65. The van der Waals surface area contributed by atoms with Crippen molar-refractivity contribution in [2.24, 2.45) is 5.73 Å². The van der Waals surface area contributed by atoms with Gasteiger partial charge in [-0.3, -0.25) is 4.98 Å². The van der Waals surface area contributed by atoms with E-state index in [2.05, 4.69) is 4.98 Å². The maximum Gasteiger partial charge on any atom is 0.245 e. The minimum Gasteiger partial charge on any atom is -0.388 e. The third kappa shape index (κ3) is 3.23. The van der Waals surface area contributed by atoms with Gasteiger partial charge in [0.15, 0.2) is 9.84 Å². The summed E-state index contributed by atoms with van der Waals surface area (Å²) in [6.07, 6.45) is 1.67. The molecule has 7 nitrogen and oxygen atoms in total. The second-order valence-electron chi connectivity index (χ2n) is 4.79. The van der Waals surface area contributed by atoms with Gasteiger partial charge >= 0.3 is 0 Å². The van der Waals surface area contributed by atoms with E-state index >= 15 is 0 Å². The van der Waals surface area contributed by atoms with Gasteiger partial charge in [-0.05, 0) is 18.6 Å². The van der Waals surface area contributed by atoms with Crippen LogP contribution in [-0.4, -0.2) is 55.7 Å². The fourth-order valence-electron chi connectivity index (χ4n) is 2.20. The van der Waals surface area contributed by atoms with Crippen molar-refractivity contribution in [2.45, 2.75) is 17.4 Å². The molecule has 116 valence electrons. The smallest absolute Gasteiger partial charge is 0.245 e. The minimum absolute atomic E-state index is 0.00722. The first-order valence-corrected chi connectivity index (χ1v) is 9.75. The van der Waals surface area contributed by atoms with E-state index in [0.29, 0.717) is 0 Å². The molecule has 1 aliphatic rings. The highest BCUT2D eigenvalue weighted by Crippen LogP contribution is 2.24. The molecule has 2 heterocycles. The van der Waals surface area contributed by atoms with E-state index in [1.165, 1.54) is 25.4 Å². The number of sulfone groups is 1. The Bertz CT molecular complexity index is 774. The van der Waals surface area contributed by atoms with Crippen molar-refractivity contribution < 1.29 is 16.8 Å². The zero-order chi connectivity index (χ0) is 15.8. The molecule has 2 N–H and O–H groups in total. The van der Waals surface area contributed by atoms with Crippen LogP contribution in [-0.2, 0) is 19.9 Å². The van der Waals surface area contributed by atoms with Crippen molar-refractivity contribution in [1.29, 1.82) is 0 Å². The Morgan fingerprint density at radius 1 is 1.52 bits per heavy atom. The Kier molecular flexibility index (Phi) is 4.34. The molecule has 0 amide bonds. The van der Waals surface area contributed by atoms with E-state index in [1.807, 2.05) is 0 Å². The summed E-state index contributed by atoms with van der Waals surface area (Å²) in [6, 6.07) is 2.24. The molecule has 10 heteroatoms. The molecule has 0 bridgehead atoms. The van der Waals surface area contributed by atoms with Gasteiger partial charge in [-0.2, -0.15) is 4.31 Å². The summed E-state index contributed by atoms with van der Waals surface area (Å²) < 4.78 is 49.3. The zero-order valence-electron chi connectivity index (χ0n) is 11.3. The average molecular weight is 349 g/mol. The Balaban J connectivity index is 2.41. The first kappa shape index (κ1) is 16.3. The number of nitrogens with zero attached hydrogens (tertiary/aromatic N) is 2. The van der Waals surface area contributed by atoms with Crippen molar-refractivity contribution in [3.8, 4) is 0 Å². The quantitative estimate of drug-likeness (QED) is 0.731. The molecular weight excluding hydrogens is 334 g/mol. The number of rotatable bonds is 4. The molecule has 0 aliphatic carbocycles. The van der Waals surface area contributed by atoms with Crippen LogP contribution in [0.25, 0.3) is 0 Å². The fraction of sp³-hybridized carbons (Fsp3) is 0.455. The maximum atomic E-state index is 12.6. The number of hydrogen-bond acceptors (Lipinski definition) is 6. The average Bonchev–Trinajstić information content (AvgIpc) is 2.78. The minimum atomic E-state index is -3.91. The van der Waals surface area contributed by atoms with E-state index in [-0.39, 0.29) is 33.5 Å². The van der Waals surface area contributed by atoms with E-state index in [1.54, 1.807) is 0 Å². The van der Waals surface area contributed by atoms with Crippen LogP contribution < -0.4 is 5.73 Å². The van der Waals surface area contributed by atoms with Crippen LogP contribution in [0.3, 0.4) is 0 Å². The Hall–Kier alpha value is -1.10. The van der Waals surface area contributed by atoms with Gasteiger partial charge in [-0.1, -0.05) is 12.2 Å². The Morgan fingerprint density at radius 2 is 2.19 bits per heavy atom. The number of nitrogens with two attached hydrogens (primary N) is 1. The molecule has 0 spiro atoms. The second-order valence-corrected chi connectivity index (χ2v) is 9.43. The predicted molar refractivity (Wildman–Crippen MR) is 82.1 cm³/mol. The number of thiocarbonyl (C=S) groups is 1. The van der Waals surface area contributed by atoms with E-state index in [4.69, 9.17) is 18.0 Å². The second kappa shape index (κ2) is 5.59. The summed E-state index contributed by atoms with van der Waals surface area (Å²) >= 11 is 4.81. The summed E-state index contributed by atoms with van der Waals surface area (Å²) in [4.78, 5) is 3.66. The molecule has 1 unspecified atom stereocenters. The zero-order valence-corrected chi connectivity index (χ0v) is 13.7. The number of hydrogen-bond donors (Lipinski definition) is 1. The number of pyridine rings is 1. The standard InChI is InChI=1S/C11H15N3O4S3/c1-14(8-4-6-20(15,16)7-8)21(17,18)9-3-2-5-13-10(9)11(12)19/h2-3,5,8H,4,6-7H2,1H3,(H2,12,19). The normalized spacial score (nSPS) is 21.5. The van der Waals surface area contributed by atoms with Crippen LogP contribution in [0.15, 0.2) is 23.2 Å². The van der Waals surface area contributed by atoms with Gasteiger partial charge in [0, 0.05) is 19.3 Å². The van der Waals surface area contributed by atoms with Crippen LogP contribution in [0.1, 0.15) is 12.1 Å². The van der Waals surface area contributed by atoms with Gasteiger partial charge < -0.3 is 5.73 Å². The maximum absolute atomic E-state index is 12.6. The number of sulfonamides is 1. The first-order valence-electron chi connectivity index (χ1n) is 6.08. The molecule has 1 fully saturated rings. The van der Waals surface area contributed by atoms with E-state index in [0.717, 1.165) is 4.31 Å². The van der Waals surface area contributed by atoms with Gasteiger partial charge in [0.05, 0.1) is 11.5 Å². The molecule has 1 saturated heterocycles. The third-order valence-corrected chi connectivity index (χ3v) is 7.27. The lowest BCUT2D eigenvalue weighted by atomic mass is 10.3. The molecule has 21 heavy (non-hydrogen) atoms. The molecule has 1 aromatic heterocycles. The highest BCUT2D eigenvalue weighted by Gasteiger charge is 2.37. The summed E-state index contributed by atoms with van der Waals surface area (Å²) in [7, 11) is -5.73. The molecule has 1 atom stereocenters.